The average molecular weight is 478 g/mol. The summed E-state index contributed by atoms with van der Waals surface area (Å²) in [7, 11) is 0. The van der Waals surface area contributed by atoms with Gasteiger partial charge < -0.3 is 19.1 Å². The molecular formula is C23H25F2N3O4S. The molecule has 1 saturated heterocycles. The molecule has 7 nitrogen and oxygen atoms in total. The zero-order chi connectivity index (χ0) is 23.2. The van der Waals surface area contributed by atoms with Crippen LogP contribution in [0.1, 0.15) is 32.6 Å². The molecule has 2 unspecified atom stereocenters. The Bertz CT molecular complexity index is 1080. The molecule has 3 fully saturated rings. The van der Waals surface area contributed by atoms with E-state index in [2.05, 4.69) is 9.97 Å². The molecule has 3 aliphatic rings. The molecule has 176 valence electrons. The summed E-state index contributed by atoms with van der Waals surface area (Å²) < 4.78 is 45.7. The first kappa shape index (κ1) is 22.2. The molecule has 2 aromatic rings. The third kappa shape index (κ3) is 4.58. The van der Waals surface area contributed by atoms with Gasteiger partial charge in [-0.05, 0) is 63.0 Å². The van der Waals surface area contributed by atoms with E-state index < -0.39 is 17.5 Å². The maximum Gasteiger partial charge on any atom is 0.410 e. The van der Waals surface area contributed by atoms with Crippen LogP contribution in [0.4, 0.5) is 13.6 Å². The summed E-state index contributed by atoms with van der Waals surface area (Å²) in [6.07, 6.45) is 6.19. The standard InChI is InChI=1S/C23H25F2N3O4S/c1-22(5-6-22)32-21(29)28-8-7-23(10-14(23)11-28)12-30-19-18(25)20(27-13-26-19)31-17-4-3-15(33-2)9-16(17)24/h3-4,9,13-14H,5-8,10-12H2,1-2H3. The summed E-state index contributed by atoms with van der Waals surface area (Å²) in [5, 5.41) is 0. The normalized spacial score (nSPS) is 24.6. The van der Waals surface area contributed by atoms with Gasteiger partial charge in [0.15, 0.2) is 11.6 Å². The third-order valence-electron chi connectivity index (χ3n) is 6.79. The quantitative estimate of drug-likeness (QED) is 0.517. The van der Waals surface area contributed by atoms with Gasteiger partial charge in [-0.1, -0.05) is 0 Å². The van der Waals surface area contributed by atoms with Gasteiger partial charge in [0.2, 0.25) is 5.82 Å². The molecule has 5 rings (SSSR count). The van der Waals surface area contributed by atoms with Crippen molar-refractivity contribution >= 4 is 17.9 Å². The van der Waals surface area contributed by atoms with E-state index in [1.165, 1.54) is 23.9 Å². The predicted molar refractivity (Wildman–Crippen MR) is 117 cm³/mol. The Hall–Kier alpha value is -2.62. The van der Waals surface area contributed by atoms with Crippen molar-refractivity contribution < 1.29 is 27.8 Å². The Labute approximate surface area is 194 Å². The van der Waals surface area contributed by atoms with Crippen LogP contribution in [-0.4, -0.2) is 52.5 Å². The second-order valence-electron chi connectivity index (χ2n) is 9.26. The van der Waals surface area contributed by atoms with Crippen molar-refractivity contribution in [3.8, 4) is 17.5 Å². The highest BCUT2D eigenvalue weighted by Gasteiger charge is 2.58. The van der Waals surface area contributed by atoms with Crippen LogP contribution in [0.3, 0.4) is 0 Å². The van der Waals surface area contributed by atoms with Gasteiger partial charge in [0.1, 0.15) is 11.9 Å². The topological polar surface area (TPSA) is 73.8 Å². The fraction of sp³-hybridized carbons (Fsp3) is 0.522. The number of carbonyl (C=O) groups excluding carboxylic acids is 1. The molecule has 0 bridgehead atoms. The lowest BCUT2D eigenvalue weighted by molar-refractivity contribution is 0.0437. The number of fused-ring (bicyclic) bond motifs is 1. The van der Waals surface area contributed by atoms with Gasteiger partial charge in [-0.25, -0.2) is 9.18 Å². The Morgan fingerprint density at radius 2 is 2.03 bits per heavy atom. The number of piperidine rings is 1. The number of halogens is 2. The van der Waals surface area contributed by atoms with Crippen molar-refractivity contribution in [2.75, 3.05) is 26.0 Å². The maximum atomic E-state index is 14.9. The molecule has 33 heavy (non-hydrogen) atoms. The zero-order valence-electron chi connectivity index (χ0n) is 18.5. The fourth-order valence-electron chi connectivity index (χ4n) is 4.20. The number of carbonyl (C=O) groups is 1. The second-order valence-corrected chi connectivity index (χ2v) is 10.1. The van der Waals surface area contributed by atoms with Crippen molar-refractivity contribution in [1.29, 1.82) is 0 Å². The van der Waals surface area contributed by atoms with Crippen LogP contribution in [-0.2, 0) is 4.74 Å². The molecular weight excluding hydrogens is 452 g/mol. The lowest BCUT2D eigenvalue weighted by Crippen LogP contribution is -2.42. The summed E-state index contributed by atoms with van der Waals surface area (Å²) >= 11 is 1.39. The van der Waals surface area contributed by atoms with Gasteiger partial charge in [0, 0.05) is 23.4 Å². The summed E-state index contributed by atoms with van der Waals surface area (Å²) in [5.74, 6) is -1.95. The first-order valence-corrected chi connectivity index (χ1v) is 12.2. The van der Waals surface area contributed by atoms with Crippen LogP contribution >= 0.6 is 11.8 Å². The highest BCUT2D eigenvalue weighted by atomic mass is 32.2. The van der Waals surface area contributed by atoms with Crippen LogP contribution in [0.15, 0.2) is 29.4 Å². The number of hydrogen-bond acceptors (Lipinski definition) is 7. The molecule has 1 aromatic carbocycles. The SMILES string of the molecule is CSc1ccc(Oc2ncnc(OCC34CCN(C(=O)OC5(C)CC5)CC3C4)c2F)c(F)c1. The number of aromatic nitrogens is 2. The molecule has 0 N–H and O–H groups in total. The summed E-state index contributed by atoms with van der Waals surface area (Å²) in [5.41, 5.74) is -0.388. The highest BCUT2D eigenvalue weighted by molar-refractivity contribution is 7.98. The minimum Gasteiger partial charge on any atom is -0.475 e. The lowest BCUT2D eigenvalue weighted by Gasteiger charge is -2.31. The van der Waals surface area contributed by atoms with E-state index in [0.29, 0.717) is 13.1 Å². The second kappa shape index (κ2) is 8.30. The van der Waals surface area contributed by atoms with Crippen LogP contribution in [0.2, 0.25) is 0 Å². The van der Waals surface area contributed by atoms with E-state index >= 15 is 0 Å². The van der Waals surface area contributed by atoms with E-state index in [4.69, 9.17) is 14.2 Å². The number of nitrogens with zero attached hydrogens (tertiary/aromatic N) is 3. The monoisotopic (exact) mass is 477 g/mol. The van der Waals surface area contributed by atoms with E-state index in [1.54, 1.807) is 11.0 Å². The average Bonchev–Trinajstić information content (AvgIpc) is 3.71. The minimum atomic E-state index is -0.877. The zero-order valence-corrected chi connectivity index (χ0v) is 19.3. The van der Waals surface area contributed by atoms with Gasteiger partial charge in [0.05, 0.1) is 6.61 Å². The summed E-state index contributed by atoms with van der Waals surface area (Å²) in [6.45, 7) is 3.43. The number of hydrogen-bond donors (Lipinski definition) is 0. The molecule has 2 saturated carbocycles. The Balaban J connectivity index is 1.19. The largest absolute Gasteiger partial charge is 0.475 e. The Morgan fingerprint density at radius 3 is 2.73 bits per heavy atom. The van der Waals surface area contributed by atoms with Crippen LogP contribution in [0, 0.1) is 23.0 Å². The van der Waals surface area contributed by atoms with Crippen molar-refractivity contribution in [2.24, 2.45) is 11.3 Å². The van der Waals surface area contributed by atoms with Gasteiger partial charge >= 0.3 is 6.09 Å². The third-order valence-corrected chi connectivity index (χ3v) is 7.52. The molecule has 2 aliphatic carbocycles. The molecule has 1 aromatic heterocycles. The van der Waals surface area contributed by atoms with Crippen LogP contribution < -0.4 is 9.47 Å². The predicted octanol–water partition coefficient (Wildman–Crippen LogP) is 5.05. The van der Waals surface area contributed by atoms with Crippen molar-refractivity contribution in [2.45, 2.75) is 43.1 Å². The molecule has 0 radical (unpaired) electrons. The van der Waals surface area contributed by atoms with Crippen LogP contribution in [0.25, 0.3) is 0 Å². The first-order valence-electron chi connectivity index (χ1n) is 10.9. The number of amides is 1. The number of ether oxygens (including phenoxy) is 3. The van der Waals surface area contributed by atoms with Gasteiger partial charge in [-0.2, -0.15) is 14.4 Å². The number of benzene rings is 1. The Kier molecular flexibility index (Phi) is 5.58. The minimum absolute atomic E-state index is 0.0988. The highest BCUT2D eigenvalue weighted by Crippen LogP contribution is 2.58. The van der Waals surface area contributed by atoms with E-state index in [0.717, 1.165) is 36.9 Å². The Morgan fingerprint density at radius 1 is 1.24 bits per heavy atom. The number of rotatable bonds is 7. The van der Waals surface area contributed by atoms with Gasteiger partial charge in [0.25, 0.3) is 11.8 Å². The van der Waals surface area contributed by atoms with E-state index in [9.17, 15) is 13.6 Å². The van der Waals surface area contributed by atoms with Crippen LogP contribution in [0.5, 0.6) is 17.5 Å². The van der Waals surface area contributed by atoms with Gasteiger partial charge in [-0.3, -0.25) is 0 Å². The molecule has 2 heterocycles. The first-order chi connectivity index (χ1) is 15.8. The smallest absolute Gasteiger partial charge is 0.410 e. The van der Waals surface area contributed by atoms with Gasteiger partial charge in [-0.15, -0.1) is 11.8 Å². The number of thioether (sulfide) groups is 1. The number of likely N-dealkylation sites (tertiary alicyclic amines) is 1. The summed E-state index contributed by atoms with van der Waals surface area (Å²) in [4.78, 5) is 22.5. The molecule has 1 aliphatic heterocycles. The summed E-state index contributed by atoms with van der Waals surface area (Å²) in [6, 6.07) is 4.43. The van der Waals surface area contributed by atoms with E-state index in [-0.39, 0.29) is 41.3 Å². The van der Waals surface area contributed by atoms with E-state index in [1.807, 2.05) is 13.2 Å². The molecule has 0 spiro atoms. The van der Waals surface area contributed by atoms with Crippen molar-refractivity contribution in [3.63, 3.8) is 0 Å². The molecule has 2 atom stereocenters. The molecule has 1 amide bonds. The molecule has 10 heteroatoms. The van der Waals surface area contributed by atoms with Crippen molar-refractivity contribution in [1.82, 2.24) is 14.9 Å². The maximum absolute atomic E-state index is 14.9. The lowest BCUT2D eigenvalue weighted by atomic mass is 9.96. The fourth-order valence-corrected chi connectivity index (χ4v) is 4.62. The van der Waals surface area contributed by atoms with Crippen molar-refractivity contribution in [3.05, 3.63) is 36.2 Å².